The van der Waals surface area contributed by atoms with E-state index >= 15 is 0 Å². The van der Waals surface area contributed by atoms with Gasteiger partial charge in [0.25, 0.3) is 0 Å². The number of rotatable bonds is 5. The van der Waals surface area contributed by atoms with Gasteiger partial charge < -0.3 is 14.8 Å². The number of aryl methyl sites for hydroxylation is 1. The number of amides is 1. The predicted molar refractivity (Wildman–Crippen MR) is 90.3 cm³/mol. The summed E-state index contributed by atoms with van der Waals surface area (Å²) in [6, 6.07) is 6.09. The number of carbonyl (C=O) groups excluding carboxylic acids is 1. The van der Waals surface area contributed by atoms with E-state index in [0.29, 0.717) is 6.61 Å². The first kappa shape index (κ1) is 17.1. The molecule has 1 amide bonds. The highest BCUT2D eigenvalue weighted by atomic mass is 79.9. The van der Waals surface area contributed by atoms with Gasteiger partial charge in [-0.2, -0.15) is 0 Å². The minimum atomic E-state index is -0.486. The largest absolute Gasteiger partial charge is 0.490 e. The average molecular weight is 370 g/mol. The summed E-state index contributed by atoms with van der Waals surface area (Å²) >= 11 is 3.53. The molecule has 1 fully saturated rings. The molecule has 0 bridgehead atoms. The molecule has 0 heterocycles. The number of carbonyl (C=O) groups is 1. The Morgan fingerprint density at radius 2 is 2.05 bits per heavy atom. The Labute approximate surface area is 140 Å². The van der Waals surface area contributed by atoms with Crippen molar-refractivity contribution in [1.82, 2.24) is 5.32 Å². The van der Waals surface area contributed by atoms with E-state index in [9.17, 15) is 4.79 Å². The van der Waals surface area contributed by atoms with Gasteiger partial charge in [-0.3, -0.25) is 0 Å². The highest BCUT2D eigenvalue weighted by molar-refractivity contribution is 9.10. The molecule has 0 spiro atoms. The van der Waals surface area contributed by atoms with Gasteiger partial charge >= 0.3 is 6.09 Å². The zero-order valence-corrected chi connectivity index (χ0v) is 15.2. The third-order valence-corrected chi connectivity index (χ3v) is 4.15. The molecule has 1 saturated carbocycles. The van der Waals surface area contributed by atoms with Crippen molar-refractivity contribution in [2.75, 3.05) is 6.61 Å². The molecule has 1 aliphatic carbocycles. The van der Waals surface area contributed by atoms with E-state index in [1.54, 1.807) is 0 Å². The first-order chi connectivity index (χ1) is 10.2. The van der Waals surface area contributed by atoms with Crippen molar-refractivity contribution < 1.29 is 14.3 Å². The number of benzene rings is 1. The molecule has 1 aromatic carbocycles. The lowest BCUT2D eigenvalue weighted by molar-refractivity contribution is 0.0477. The minimum Gasteiger partial charge on any atom is -0.490 e. The number of ether oxygens (including phenoxy) is 2. The van der Waals surface area contributed by atoms with Crippen molar-refractivity contribution in [3.8, 4) is 5.75 Å². The van der Waals surface area contributed by atoms with Crippen molar-refractivity contribution >= 4 is 22.0 Å². The highest BCUT2D eigenvalue weighted by Crippen LogP contribution is 2.37. The number of hydrogen-bond donors (Lipinski definition) is 1. The van der Waals surface area contributed by atoms with Crippen LogP contribution in [0.4, 0.5) is 4.79 Å². The van der Waals surface area contributed by atoms with Crippen LogP contribution in [0.2, 0.25) is 0 Å². The Bertz CT molecular complexity index is 547. The van der Waals surface area contributed by atoms with Crippen LogP contribution in [0.5, 0.6) is 5.75 Å². The summed E-state index contributed by atoms with van der Waals surface area (Å²) in [5, 5.41) is 2.93. The Morgan fingerprint density at radius 3 is 2.55 bits per heavy atom. The van der Waals surface area contributed by atoms with Gasteiger partial charge in [-0.05, 0) is 73.7 Å². The van der Waals surface area contributed by atoms with E-state index in [1.165, 1.54) is 5.56 Å². The number of alkyl carbamates (subject to hydrolysis) is 1. The summed E-state index contributed by atoms with van der Waals surface area (Å²) in [6.45, 7) is 8.14. The van der Waals surface area contributed by atoms with Crippen LogP contribution in [0, 0.1) is 0 Å². The normalized spacial score (nSPS) is 16.0. The zero-order chi connectivity index (χ0) is 16.4. The summed E-state index contributed by atoms with van der Waals surface area (Å²) in [4.78, 5) is 11.9. The van der Waals surface area contributed by atoms with E-state index in [1.807, 2.05) is 26.8 Å². The van der Waals surface area contributed by atoms with Crippen LogP contribution >= 0.6 is 15.9 Å². The maximum atomic E-state index is 11.9. The fourth-order valence-corrected chi connectivity index (χ4v) is 2.61. The molecule has 0 aromatic heterocycles. The average Bonchev–Trinajstić information content (AvgIpc) is 3.14. The summed E-state index contributed by atoms with van der Waals surface area (Å²) in [6.07, 6.45) is 2.44. The van der Waals surface area contributed by atoms with Gasteiger partial charge in [-0.15, -0.1) is 0 Å². The molecule has 0 atom stereocenters. The van der Waals surface area contributed by atoms with Crippen LogP contribution in [0.25, 0.3) is 0 Å². The molecule has 0 aliphatic heterocycles. The van der Waals surface area contributed by atoms with Gasteiger partial charge in [0.1, 0.15) is 18.0 Å². The lowest BCUT2D eigenvalue weighted by atomic mass is 10.2. The standard InChI is InChI=1S/C17H24BrNO3/c1-5-12-6-7-14(13(18)10-12)21-11-17(8-9-17)19-15(20)22-16(2,3)4/h6-7,10H,5,8-9,11H2,1-4H3,(H,19,20). The van der Waals surface area contributed by atoms with Gasteiger partial charge in [0.05, 0.1) is 10.0 Å². The van der Waals surface area contributed by atoms with Crippen LogP contribution < -0.4 is 10.1 Å². The molecule has 22 heavy (non-hydrogen) atoms. The Balaban J connectivity index is 1.90. The van der Waals surface area contributed by atoms with Crippen molar-refractivity contribution in [2.45, 2.75) is 58.1 Å². The second-order valence-electron chi connectivity index (χ2n) is 6.81. The lowest BCUT2D eigenvalue weighted by Crippen LogP contribution is -2.44. The molecule has 2 rings (SSSR count). The van der Waals surface area contributed by atoms with E-state index in [0.717, 1.165) is 29.5 Å². The maximum absolute atomic E-state index is 11.9. The molecule has 1 aromatic rings. The molecule has 4 nitrogen and oxygen atoms in total. The van der Waals surface area contributed by atoms with E-state index < -0.39 is 5.60 Å². The minimum absolute atomic E-state index is 0.287. The number of halogens is 1. The van der Waals surface area contributed by atoms with Crippen LogP contribution in [-0.2, 0) is 11.2 Å². The molecule has 1 aliphatic rings. The SMILES string of the molecule is CCc1ccc(OCC2(NC(=O)OC(C)(C)C)CC2)c(Br)c1. The van der Waals surface area contributed by atoms with E-state index in [4.69, 9.17) is 9.47 Å². The smallest absolute Gasteiger partial charge is 0.408 e. The van der Waals surface area contributed by atoms with Crippen molar-refractivity contribution in [1.29, 1.82) is 0 Å². The van der Waals surface area contributed by atoms with Crippen molar-refractivity contribution in [3.63, 3.8) is 0 Å². The summed E-state index contributed by atoms with van der Waals surface area (Å²) in [5.41, 5.74) is 0.484. The fourth-order valence-electron chi connectivity index (χ4n) is 2.07. The van der Waals surface area contributed by atoms with Crippen LogP contribution in [0.15, 0.2) is 22.7 Å². The second-order valence-corrected chi connectivity index (χ2v) is 7.67. The quantitative estimate of drug-likeness (QED) is 0.833. The molecule has 1 N–H and O–H groups in total. The second kappa shape index (κ2) is 6.49. The van der Waals surface area contributed by atoms with Gasteiger partial charge in [-0.1, -0.05) is 13.0 Å². The van der Waals surface area contributed by atoms with Gasteiger partial charge in [-0.25, -0.2) is 4.79 Å². The summed E-state index contributed by atoms with van der Waals surface area (Å²) < 4.78 is 12.1. The van der Waals surface area contributed by atoms with Crippen LogP contribution in [0.1, 0.15) is 46.1 Å². The third kappa shape index (κ3) is 4.90. The molecule has 0 radical (unpaired) electrons. The molecule has 0 saturated heterocycles. The fraction of sp³-hybridized carbons (Fsp3) is 0.588. The molecular formula is C17H24BrNO3. The Hall–Kier alpha value is -1.23. The van der Waals surface area contributed by atoms with Crippen molar-refractivity contribution in [3.05, 3.63) is 28.2 Å². The maximum Gasteiger partial charge on any atom is 0.408 e. The predicted octanol–water partition coefficient (Wildman–Crippen LogP) is 4.45. The first-order valence-electron chi connectivity index (χ1n) is 7.65. The Kier molecular flexibility index (Phi) is 5.05. The van der Waals surface area contributed by atoms with Crippen LogP contribution in [0.3, 0.4) is 0 Å². The molecule has 5 heteroatoms. The van der Waals surface area contributed by atoms with Gasteiger partial charge in [0, 0.05) is 0 Å². The highest BCUT2D eigenvalue weighted by Gasteiger charge is 2.46. The first-order valence-corrected chi connectivity index (χ1v) is 8.45. The van der Waals surface area contributed by atoms with E-state index in [-0.39, 0.29) is 11.6 Å². The van der Waals surface area contributed by atoms with Crippen LogP contribution in [-0.4, -0.2) is 23.8 Å². The number of nitrogens with one attached hydrogen (secondary N) is 1. The molecular weight excluding hydrogens is 346 g/mol. The summed E-state index contributed by atoms with van der Waals surface area (Å²) in [7, 11) is 0. The third-order valence-electron chi connectivity index (χ3n) is 3.53. The molecule has 122 valence electrons. The molecule has 0 unspecified atom stereocenters. The monoisotopic (exact) mass is 369 g/mol. The zero-order valence-electron chi connectivity index (χ0n) is 13.7. The van der Waals surface area contributed by atoms with E-state index in [2.05, 4.69) is 40.3 Å². The topological polar surface area (TPSA) is 47.6 Å². The number of hydrogen-bond acceptors (Lipinski definition) is 3. The Morgan fingerprint density at radius 1 is 1.36 bits per heavy atom. The van der Waals surface area contributed by atoms with Gasteiger partial charge in [0.2, 0.25) is 0 Å². The van der Waals surface area contributed by atoms with Crippen molar-refractivity contribution in [2.24, 2.45) is 0 Å². The lowest BCUT2D eigenvalue weighted by Gasteiger charge is -2.23. The summed E-state index contributed by atoms with van der Waals surface area (Å²) in [5.74, 6) is 0.800. The van der Waals surface area contributed by atoms with Gasteiger partial charge in [0.15, 0.2) is 0 Å².